The molecule has 9 heteroatoms. The number of amides is 1. The topological polar surface area (TPSA) is 108 Å². The molecular weight excluding hydrogens is 828 g/mol. The van der Waals surface area contributed by atoms with Crippen LogP contribution in [0.15, 0.2) is 72.9 Å². The Morgan fingerprint density at radius 2 is 0.938 bits per heavy atom. The van der Waals surface area contributed by atoms with Gasteiger partial charge < -0.3 is 28.8 Å². The lowest BCUT2D eigenvalue weighted by Gasteiger charge is -2.29. The molecule has 0 heterocycles. The molecule has 0 aliphatic heterocycles. The van der Waals surface area contributed by atoms with Gasteiger partial charge in [0.2, 0.25) is 5.91 Å². The smallest absolute Gasteiger partial charge is 0.268 e. The Hall–Kier alpha value is -2.06. The van der Waals surface area contributed by atoms with Gasteiger partial charge in [-0.3, -0.25) is 9.36 Å². The van der Waals surface area contributed by atoms with Crippen LogP contribution < -0.4 is 10.2 Å². The monoisotopic (exact) mass is 931 g/mol. The fourth-order valence-corrected chi connectivity index (χ4v) is 8.20. The largest absolute Gasteiger partial charge is 0.756 e. The van der Waals surface area contributed by atoms with Crippen LogP contribution in [0.25, 0.3) is 0 Å². The van der Waals surface area contributed by atoms with Crippen LogP contribution in [-0.4, -0.2) is 68.5 Å². The maximum atomic E-state index is 12.9. The van der Waals surface area contributed by atoms with Crippen molar-refractivity contribution in [3.8, 4) is 0 Å². The molecule has 0 aliphatic rings. The van der Waals surface area contributed by atoms with E-state index >= 15 is 0 Å². The van der Waals surface area contributed by atoms with Gasteiger partial charge in [-0.25, -0.2) is 0 Å². The summed E-state index contributed by atoms with van der Waals surface area (Å²) in [5.41, 5.74) is 0. The third-order valence-corrected chi connectivity index (χ3v) is 12.6. The van der Waals surface area contributed by atoms with Gasteiger partial charge in [-0.2, -0.15) is 0 Å². The molecule has 3 unspecified atom stereocenters. The number of phosphoric acid groups is 1. The first-order chi connectivity index (χ1) is 31.5. The number of quaternary nitrogens is 1. The molecule has 0 aromatic rings. The number of unbranched alkanes of at least 4 members (excludes halogenated alkanes) is 25. The number of phosphoric ester groups is 1. The van der Waals surface area contributed by atoms with Crippen molar-refractivity contribution in [1.29, 1.82) is 0 Å². The van der Waals surface area contributed by atoms with E-state index in [1.54, 1.807) is 6.08 Å². The van der Waals surface area contributed by atoms with Crippen molar-refractivity contribution >= 4 is 13.7 Å². The van der Waals surface area contributed by atoms with Gasteiger partial charge in [0.25, 0.3) is 7.82 Å². The summed E-state index contributed by atoms with van der Waals surface area (Å²) in [4.78, 5) is 25.4. The highest BCUT2D eigenvalue weighted by molar-refractivity contribution is 7.45. The molecule has 0 rings (SSSR count). The fraction of sp³-hybridized carbons (Fsp3) is 0.768. The van der Waals surface area contributed by atoms with Gasteiger partial charge in [0.1, 0.15) is 13.2 Å². The summed E-state index contributed by atoms with van der Waals surface area (Å²) in [5.74, 6) is -0.217. The van der Waals surface area contributed by atoms with Gasteiger partial charge in [-0.05, 0) is 64.2 Å². The Bertz CT molecular complexity index is 1290. The SMILES string of the molecule is CC/C=C\C/C=C\C/C=C\C/C=C\C/C=C\CCCCCCCC(=O)NC(COP(=O)([O-])OCC[N+](C)(C)C)C(O)/C=C/CCCCCCCCCCCCCCCCCCCCCC. The van der Waals surface area contributed by atoms with Crippen LogP contribution in [0.5, 0.6) is 0 Å². The molecule has 378 valence electrons. The van der Waals surface area contributed by atoms with E-state index < -0.39 is 26.6 Å². The zero-order valence-corrected chi connectivity index (χ0v) is 43.8. The minimum Gasteiger partial charge on any atom is -0.756 e. The van der Waals surface area contributed by atoms with Gasteiger partial charge in [-0.15, -0.1) is 0 Å². The van der Waals surface area contributed by atoms with Gasteiger partial charge in [0, 0.05) is 6.42 Å². The van der Waals surface area contributed by atoms with E-state index in [-0.39, 0.29) is 12.5 Å². The lowest BCUT2D eigenvalue weighted by molar-refractivity contribution is -0.870. The first-order valence-electron chi connectivity index (χ1n) is 26.8. The van der Waals surface area contributed by atoms with Crippen molar-refractivity contribution in [2.45, 2.75) is 238 Å². The van der Waals surface area contributed by atoms with Crippen LogP contribution >= 0.6 is 7.82 Å². The highest BCUT2D eigenvalue weighted by Gasteiger charge is 2.23. The Balaban J connectivity index is 4.34. The van der Waals surface area contributed by atoms with Crippen LogP contribution in [0.3, 0.4) is 0 Å². The first kappa shape index (κ1) is 62.9. The maximum absolute atomic E-state index is 12.9. The number of carbonyl (C=O) groups excluding carboxylic acids is 1. The Morgan fingerprint density at radius 1 is 0.554 bits per heavy atom. The summed E-state index contributed by atoms with van der Waals surface area (Å²) in [6.07, 6.45) is 63.9. The van der Waals surface area contributed by atoms with E-state index in [1.165, 1.54) is 116 Å². The first-order valence-corrected chi connectivity index (χ1v) is 28.3. The predicted octanol–water partition coefficient (Wildman–Crippen LogP) is 15.3. The number of allylic oxidation sites excluding steroid dienone is 11. The molecular formula is C56H103N2O6P. The highest BCUT2D eigenvalue weighted by Crippen LogP contribution is 2.38. The molecule has 0 saturated heterocycles. The normalized spacial score (nSPS) is 14.6. The molecule has 0 radical (unpaired) electrons. The van der Waals surface area contributed by atoms with Gasteiger partial charge in [-0.1, -0.05) is 228 Å². The molecule has 3 atom stereocenters. The average Bonchev–Trinajstić information content (AvgIpc) is 3.26. The van der Waals surface area contributed by atoms with E-state index in [0.29, 0.717) is 17.4 Å². The molecule has 1 amide bonds. The fourth-order valence-electron chi connectivity index (χ4n) is 7.47. The lowest BCUT2D eigenvalue weighted by atomic mass is 10.0. The third kappa shape index (κ3) is 49.7. The molecule has 0 aliphatic carbocycles. The molecule has 0 saturated carbocycles. The Kier molecular flexibility index (Phi) is 45.5. The molecule has 0 fully saturated rings. The van der Waals surface area contributed by atoms with E-state index in [2.05, 4.69) is 79.9 Å². The van der Waals surface area contributed by atoms with Gasteiger partial charge in [0.15, 0.2) is 0 Å². The minimum absolute atomic E-state index is 0.00838. The zero-order valence-electron chi connectivity index (χ0n) is 42.9. The quantitative estimate of drug-likeness (QED) is 0.0272. The van der Waals surface area contributed by atoms with Crippen molar-refractivity contribution in [2.24, 2.45) is 0 Å². The van der Waals surface area contributed by atoms with E-state index in [9.17, 15) is 19.4 Å². The molecule has 65 heavy (non-hydrogen) atoms. The number of carbonyl (C=O) groups is 1. The number of nitrogens with one attached hydrogen (secondary N) is 1. The van der Waals surface area contributed by atoms with Crippen LogP contribution in [0.1, 0.15) is 226 Å². The summed E-state index contributed by atoms with van der Waals surface area (Å²) in [6.45, 7) is 4.53. The maximum Gasteiger partial charge on any atom is 0.268 e. The second-order valence-electron chi connectivity index (χ2n) is 19.2. The highest BCUT2D eigenvalue weighted by atomic mass is 31.2. The second-order valence-corrected chi connectivity index (χ2v) is 20.6. The average molecular weight is 931 g/mol. The van der Waals surface area contributed by atoms with Crippen molar-refractivity contribution in [3.05, 3.63) is 72.9 Å². The molecule has 0 aromatic heterocycles. The Morgan fingerprint density at radius 3 is 1.37 bits per heavy atom. The molecule has 0 bridgehead atoms. The van der Waals surface area contributed by atoms with Crippen LogP contribution in [0, 0.1) is 0 Å². The molecule has 8 nitrogen and oxygen atoms in total. The predicted molar refractivity (Wildman–Crippen MR) is 279 cm³/mol. The summed E-state index contributed by atoms with van der Waals surface area (Å²) in [7, 11) is 1.24. The van der Waals surface area contributed by atoms with E-state index in [0.717, 1.165) is 89.9 Å². The van der Waals surface area contributed by atoms with Crippen molar-refractivity contribution in [1.82, 2.24) is 5.32 Å². The third-order valence-electron chi connectivity index (χ3n) is 11.7. The summed E-state index contributed by atoms with van der Waals surface area (Å²) >= 11 is 0. The summed E-state index contributed by atoms with van der Waals surface area (Å²) in [5, 5.41) is 13.9. The van der Waals surface area contributed by atoms with Crippen LogP contribution in [0.2, 0.25) is 0 Å². The number of rotatable bonds is 48. The number of nitrogens with zero attached hydrogens (tertiary/aromatic N) is 1. The van der Waals surface area contributed by atoms with Crippen LogP contribution in [-0.2, 0) is 18.4 Å². The summed E-state index contributed by atoms with van der Waals surface area (Å²) < 4.78 is 23.3. The molecule has 0 spiro atoms. The lowest BCUT2D eigenvalue weighted by Crippen LogP contribution is -2.45. The van der Waals surface area contributed by atoms with Crippen molar-refractivity contribution in [3.63, 3.8) is 0 Å². The molecule has 2 N–H and O–H groups in total. The Labute approximate surface area is 402 Å². The van der Waals surface area contributed by atoms with Gasteiger partial charge >= 0.3 is 0 Å². The number of aliphatic hydroxyl groups is 1. The van der Waals surface area contributed by atoms with Crippen molar-refractivity contribution < 1.29 is 32.9 Å². The number of aliphatic hydroxyl groups excluding tert-OH is 1. The number of likely N-dealkylation sites (N-methyl/N-ethyl adjacent to an activating group) is 1. The summed E-state index contributed by atoms with van der Waals surface area (Å²) in [6, 6.07) is -0.901. The van der Waals surface area contributed by atoms with Gasteiger partial charge in [0.05, 0.1) is 39.9 Å². The zero-order chi connectivity index (χ0) is 47.8. The standard InChI is InChI=1S/C56H103N2O6P/c1-6-8-10-12-14-16-18-20-22-24-26-28-30-31-33-35-37-39-41-43-45-47-49-55(59)54(53-64-65(61,62)63-52-51-58(3,4)5)57-56(60)50-48-46-44-42-40-38-36-34-32-29-27-25-23-21-19-17-15-13-11-9-7-2/h9,11,15,17,21,23,27,29,34,36,47,49,54-55,59H,6-8,10,12-14,16,18-20,22,24-26,28,30-33,35,37-46,48,50-53H2,1-5H3,(H-,57,60,61,62)/b11-9-,17-15-,23-21-,29-27-,36-34-,49-47+. The molecule has 0 aromatic carbocycles. The number of hydrogen-bond donors (Lipinski definition) is 2. The van der Waals surface area contributed by atoms with Crippen molar-refractivity contribution in [2.75, 3.05) is 40.9 Å². The van der Waals surface area contributed by atoms with E-state index in [4.69, 9.17) is 9.05 Å². The van der Waals surface area contributed by atoms with Crippen LogP contribution in [0.4, 0.5) is 0 Å². The number of hydrogen-bond acceptors (Lipinski definition) is 6. The second kappa shape index (κ2) is 47.0. The van der Waals surface area contributed by atoms with E-state index in [1.807, 2.05) is 27.2 Å². The minimum atomic E-state index is -4.60.